The smallest absolute Gasteiger partial charge is 0.337 e. The molecule has 3 rings (SSSR count). The first kappa shape index (κ1) is 18.0. The molecule has 0 aliphatic carbocycles. The standard InChI is InChI=1S/C19H17N5O3/c1-27-18(26)14-4-6-15(7-5-14)23-17(25)16-8-10-21-19(24-16)22-12-13-3-2-9-20-11-13/h2-11H,12H2,1H3,(H,23,25)(H,21,22,24). The Kier molecular flexibility index (Phi) is 5.68. The highest BCUT2D eigenvalue weighted by Crippen LogP contribution is 2.12. The van der Waals surface area contributed by atoms with E-state index < -0.39 is 5.97 Å². The van der Waals surface area contributed by atoms with Gasteiger partial charge in [-0.2, -0.15) is 0 Å². The predicted octanol–water partition coefficient (Wildman–Crippen LogP) is 2.52. The van der Waals surface area contributed by atoms with Crippen LogP contribution in [0.1, 0.15) is 26.4 Å². The summed E-state index contributed by atoms with van der Waals surface area (Å²) in [5.41, 5.74) is 2.13. The highest BCUT2D eigenvalue weighted by atomic mass is 16.5. The fourth-order valence-electron chi connectivity index (χ4n) is 2.26. The van der Waals surface area contributed by atoms with Crippen molar-refractivity contribution in [2.75, 3.05) is 17.7 Å². The van der Waals surface area contributed by atoms with Gasteiger partial charge in [0.1, 0.15) is 5.69 Å². The van der Waals surface area contributed by atoms with Crippen molar-refractivity contribution in [2.24, 2.45) is 0 Å². The fourth-order valence-corrected chi connectivity index (χ4v) is 2.26. The highest BCUT2D eigenvalue weighted by molar-refractivity contribution is 6.03. The summed E-state index contributed by atoms with van der Waals surface area (Å²) in [5, 5.41) is 5.78. The van der Waals surface area contributed by atoms with Crippen LogP contribution in [0.5, 0.6) is 0 Å². The van der Waals surface area contributed by atoms with Gasteiger partial charge in [0.25, 0.3) is 5.91 Å². The predicted molar refractivity (Wildman–Crippen MR) is 99.3 cm³/mol. The van der Waals surface area contributed by atoms with Crippen LogP contribution in [0.2, 0.25) is 0 Å². The van der Waals surface area contributed by atoms with Gasteiger partial charge in [0, 0.05) is 30.8 Å². The lowest BCUT2D eigenvalue weighted by Gasteiger charge is -2.08. The summed E-state index contributed by atoms with van der Waals surface area (Å²) in [5.74, 6) is -0.479. The maximum absolute atomic E-state index is 12.4. The van der Waals surface area contributed by atoms with Gasteiger partial charge in [-0.1, -0.05) is 6.07 Å². The summed E-state index contributed by atoms with van der Waals surface area (Å²) < 4.78 is 4.64. The number of pyridine rings is 1. The van der Waals surface area contributed by atoms with Gasteiger partial charge in [-0.15, -0.1) is 0 Å². The Hall–Kier alpha value is -3.81. The number of nitrogens with one attached hydrogen (secondary N) is 2. The zero-order valence-corrected chi connectivity index (χ0v) is 14.5. The topological polar surface area (TPSA) is 106 Å². The first-order valence-electron chi connectivity index (χ1n) is 8.11. The molecule has 1 amide bonds. The summed E-state index contributed by atoms with van der Waals surface area (Å²) in [6.45, 7) is 0.494. The molecule has 2 heterocycles. The minimum absolute atomic E-state index is 0.218. The Morgan fingerprint density at radius 2 is 1.89 bits per heavy atom. The summed E-state index contributed by atoms with van der Waals surface area (Å²) in [6.07, 6.45) is 4.94. The number of anilines is 2. The monoisotopic (exact) mass is 363 g/mol. The number of carbonyl (C=O) groups is 2. The van der Waals surface area contributed by atoms with Crippen molar-refractivity contribution in [3.05, 3.63) is 77.9 Å². The molecule has 0 bridgehead atoms. The molecule has 0 aliphatic rings. The van der Waals surface area contributed by atoms with Crippen molar-refractivity contribution < 1.29 is 14.3 Å². The molecule has 1 aromatic carbocycles. The van der Waals surface area contributed by atoms with Crippen LogP contribution < -0.4 is 10.6 Å². The van der Waals surface area contributed by atoms with Crippen LogP contribution in [0.15, 0.2) is 61.1 Å². The zero-order chi connectivity index (χ0) is 19.1. The third-order valence-corrected chi connectivity index (χ3v) is 3.63. The van der Waals surface area contributed by atoms with Crippen LogP contribution in [-0.2, 0) is 11.3 Å². The van der Waals surface area contributed by atoms with Gasteiger partial charge < -0.3 is 15.4 Å². The molecule has 0 saturated carbocycles. The summed E-state index contributed by atoms with van der Waals surface area (Å²) >= 11 is 0. The SMILES string of the molecule is COC(=O)c1ccc(NC(=O)c2ccnc(NCc3cccnc3)n2)cc1. The van der Waals surface area contributed by atoms with Crippen LogP contribution in [0.25, 0.3) is 0 Å². The van der Waals surface area contributed by atoms with Gasteiger partial charge in [0.05, 0.1) is 12.7 Å². The Balaban J connectivity index is 1.63. The van der Waals surface area contributed by atoms with E-state index >= 15 is 0 Å². The average molecular weight is 363 g/mol. The minimum atomic E-state index is -0.437. The van der Waals surface area contributed by atoms with Crippen molar-refractivity contribution >= 4 is 23.5 Å². The quantitative estimate of drug-likeness (QED) is 0.648. The molecule has 0 saturated heterocycles. The lowest BCUT2D eigenvalue weighted by atomic mass is 10.2. The maximum Gasteiger partial charge on any atom is 0.337 e. The zero-order valence-electron chi connectivity index (χ0n) is 14.5. The summed E-state index contributed by atoms with van der Waals surface area (Å²) in [4.78, 5) is 36.2. The molecule has 8 heteroatoms. The van der Waals surface area contributed by atoms with E-state index in [1.807, 2.05) is 12.1 Å². The van der Waals surface area contributed by atoms with Crippen molar-refractivity contribution in [3.8, 4) is 0 Å². The van der Waals surface area contributed by atoms with E-state index in [4.69, 9.17) is 0 Å². The molecule has 8 nitrogen and oxygen atoms in total. The van der Waals surface area contributed by atoms with Crippen LogP contribution in [-0.4, -0.2) is 33.9 Å². The molecule has 136 valence electrons. The molecule has 0 spiro atoms. The number of benzene rings is 1. The molecule has 0 fully saturated rings. The second-order valence-corrected chi connectivity index (χ2v) is 5.50. The van der Waals surface area contributed by atoms with Crippen molar-refractivity contribution in [1.29, 1.82) is 0 Å². The molecule has 0 radical (unpaired) electrons. The van der Waals surface area contributed by atoms with E-state index in [1.54, 1.807) is 36.7 Å². The van der Waals surface area contributed by atoms with E-state index in [2.05, 4.69) is 30.3 Å². The minimum Gasteiger partial charge on any atom is -0.465 e. The molecule has 0 aliphatic heterocycles. The number of amides is 1. The van der Waals surface area contributed by atoms with Gasteiger partial charge in [0.15, 0.2) is 0 Å². The molecular formula is C19H17N5O3. The number of rotatable bonds is 6. The van der Waals surface area contributed by atoms with Crippen molar-refractivity contribution in [3.63, 3.8) is 0 Å². The normalized spacial score (nSPS) is 10.1. The first-order chi connectivity index (χ1) is 13.2. The number of esters is 1. The van der Waals surface area contributed by atoms with E-state index in [1.165, 1.54) is 19.4 Å². The average Bonchev–Trinajstić information content (AvgIpc) is 2.73. The number of hydrogen-bond donors (Lipinski definition) is 2. The molecule has 3 aromatic rings. The Labute approximate surface area is 155 Å². The highest BCUT2D eigenvalue weighted by Gasteiger charge is 2.10. The summed E-state index contributed by atoms with van der Waals surface area (Å²) in [7, 11) is 1.31. The Bertz CT molecular complexity index is 930. The first-order valence-corrected chi connectivity index (χ1v) is 8.11. The van der Waals surface area contributed by atoms with Gasteiger partial charge in [-0.05, 0) is 42.0 Å². The largest absolute Gasteiger partial charge is 0.465 e. The number of hydrogen-bond acceptors (Lipinski definition) is 7. The molecule has 2 N–H and O–H groups in total. The van der Waals surface area contributed by atoms with Crippen LogP contribution >= 0.6 is 0 Å². The lowest BCUT2D eigenvalue weighted by molar-refractivity contribution is 0.0600. The van der Waals surface area contributed by atoms with E-state index in [0.717, 1.165) is 5.56 Å². The molecule has 2 aromatic heterocycles. The third kappa shape index (κ3) is 4.85. The molecular weight excluding hydrogens is 346 g/mol. The second kappa shape index (κ2) is 8.52. The molecule has 0 atom stereocenters. The van der Waals surface area contributed by atoms with Gasteiger partial charge >= 0.3 is 5.97 Å². The van der Waals surface area contributed by atoms with Crippen LogP contribution in [0.3, 0.4) is 0 Å². The maximum atomic E-state index is 12.4. The van der Waals surface area contributed by atoms with Crippen LogP contribution in [0.4, 0.5) is 11.6 Å². The number of nitrogens with zero attached hydrogens (tertiary/aromatic N) is 3. The van der Waals surface area contributed by atoms with E-state index in [9.17, 15) is 9.59 Å². The Morgan fingerprint density at radius 3 is 2.59 bits per heavy atom. The summed E-state index contributed by atoms with van der Waals surface area (Å²) in [6, 6.07) is 11.7. The number of methoxy groups -OCH3 is 1. The molecule has 27 heavy (non-hydrogen) atoms. The lowest BCUT2D eigenvalue weighted by Crippen LogP contribution is -2.15. The third-order valence-electron chi connectivity index (χ3n) is 3.63. The molecule has 0 unspecified atom stereocenters. The van der Waals surface area contributed by atoms with E-state index in [0.29, 0.717) is 23.7 Å². The van der Waals surface area contributed by atoms with Crippen molar-refractivity contribution in [1.82, 2.24) is 15.0 Å². The fraction of sp³-hybridized carbons (Fsp3) is 0.105. The number of ether oxygens (including phenoxy) is 1. The number of aromatic nitrogens is 3. The van der Waals surface area contributed by atoms with Gasteiger partial charge in [-0.3, -0.25) is 9.78 Å². The van der Waals surface area contributed by atoms with Gasteiger partial charge in [0.2, 0.25) is 5.95 Å². The van der Waals surface area contributed by atoms with E-state index in [-0.39, 0.29) is 11.6 Å². The Morgan fingerprint density at radius 1 is 1.07 bits per heavy atom. The van der Waals surface area contributed by atoms with Crippen LogP contribution in [0, 0.1) is 0 Å². The van der Waals surface area contributed by atoms with Crippen molar-refractivity contribution in [2.45, 2.75) is 6.54 Å². The second-order valence-electron chi connectivity index (χ2n) is 5.50. The van der Waals surface area contributed by atoms with Gasteiger partial charge in [-0.25, -0.2) is 14.8 Å². The number of carbonyl (C=O) groups excluding carboxylic acids is 2.